The molecule has 0 amide bonds. The summed E-state index contributed by atoms with van der Waals surface area (Å²) < 4.78 is 0. The van der Waals surface area contributed by atoms with Crippen molar-refractivity contribution >= 4 is 16.5 Å². The molecule has 0 fully saturated rings. The lowest BCUT2D eigenvalue weighted by molar-refractivity contribution is 0.299. The number of phenolic OH excluding ortho intramolecular Hbond substituents is 1. The Morgan fingerprint density at radius 1 is 0.905 bits per heavy atom. The number of fused-ring (bicyclic) bond motifs is 1. The first kappa shape index (κ1) is 13.5. The molecule has 0 unspecified atom stereocenters. The van der Waals surface area contributed by atoms with Crippen molar-refractivity contribution in [3.8, 4) is 16.9 Å². The van der Waals surface area contributed by atoms with E-state index in [-0.39, 0.29) is 12.4 Å². The number of rotatable bonds is 3. The van der Waals surface area contributed by atoms with Gasteiger partial charge in [-0.3, -0.25) is 0 Å². The van der Waals surface area contributed by atoms with E-state index < -0.39 is 0 Å². The third kappa shape index (κ3) is 2.56. The average Bonchev–Trinajstić information content (AvgIpc) is 2.47. The molecule has 4 N–H and O–H groups in total. The Labute approximate surface area is 123 Å². The molecular weight excluding hydrogens is 262 g/mol. The second-order valence-corrected chi connectivity index (χ2v) is 5.11. The van der Waals surface area contributed by atoms with Gasteiger partial charge in [0.05, 0.1) is 0 Å². The lowest BCUT2D eigenvalue weighted by Crippen LogP contribution is -1.96. The summed E-state index contributed by atoms with van der Waals surface area (Å²) in [4.78, 5) is 0. The molecule has 3 rings (SSSR count). The van der Waals surface area contributed by atoms with Crippen LogP contribution in [0.3, 0.4) is 0 Å². The van der Waals surface area contributed by atoms with Crippen molar-refractivity contribution in [3.05, 3.63) is 60.2 Å². The van der Waals surface area contributed by atoms with Crippen molar-refractivity contribution in [1.82, 2.24) is 0 Å². The van der Waals surface area contributed by atoms with Crippen LogP contribution in [0.1, 0.15) is 5.56 Å². The SMILES string of the molecule is Nc1cc(CCO)cc(O)c1-c1ccc2ccccc2c1. The van der Waals surface area contributed by atoms with E-state index in [0.29, 0.717) is 17.7 Å². The fraction of sp³-hybridized carbons (Fsp3) is 0.111. The summed E-state index contributed by atoms with van der Waals surface area (Å²) in [6.45, 7) is 0.0359. The smallest absolute Gasteiger partial charge is 0.125 e. The molecule has 106 valence electrons. The highest BCUT2D eigenvalue weighted by Gasteiger charge is 2.11. The van der Waals surface area contributed by atoms with Crippen molar-refractivity contribution in [2.45, 2.75) is 6.42 Å². The number of hydrogen-bond donors (Lipinski definition) is 3. The predicted octanol–water partition coefficient (Wildman–Crippen LogP) is 3.33. The van der Waals surface area contributed by atoms with E-state index in [4.69, 9.17) is 10.8 Å². The lowest BCUT2D eigenvalue weighted by atomic mass is 9.97. The molecule has 0 radical (unpaired) electrons. The van der Waals surface area contributed by atoms with Gasteiger partial charge in [0, 0.05) is 17.9 Å². The molecular formula is C18H17NO2. The lowest BCUT2D eigenvalue weighted by Gasteiger charge is -2.12. The van der Waals surface area contributed by atoms with Crippen molar-refractivity contribution in [2.24, 2.45) is 0 Å². The number of nitrogens with two attached hydrogens (primary N) is 1. The normalized spacial score (nSPS) is 10.9. The van der Waals surface area contributed by atoms with Gasteiger partial charge in [0.2, 0.25) is 0 Å². The predicted molar refractivity (Wildman–Crippen MR) is 86.3 cm³/mol. The number of anilines is 1. The quantitative estimate of drug-likeness (QED) is 0.644. The Kier molecular flexibility index (Phi) is 3.50. The van der Waals surface area contributed by atoms with Crippen LogP contribution in [0.2, 0.25) is 0 Å². The van der Waals surface area contributed by atoms with E-state index in [2.05, 4.69) is 0 Å². The summed E-state index contributed by atoms with van der Waals surface area (Å²) in [5, 5.41) is 21.5. The third-order valence-corrected chi connectivity index (χ3v) is 3.65. The van der Waals surface area contributed by atoms with E-state index in [1.54, 1.807) is 12.1 Å². The molecule has 0 aromatic heterocycles. The third-order valence-electron chi connectivity index (χ3n) is 3.65. The first-order chi connectivity index (χ1) is 10.2. The van der Waals surface area contributed by atoms with Crippen LogP contribution in [0.25, 0.3) is 21.9 Å². The van der Waals surface area contributed by atoms with Gasteiger partial charge in [-0.25, -0.2) is 0 Å². The zero-order valence-corrected chi connectivity index (χ0v) is 11.6. The second-order valence-electron chi connectivity index (χ2n) is 5.11. The molecule has 0 saturated carbocycles. The van der Waals surface area contributed by atoms with E-state index >= 15 is 0 Å². The first-order valence-electron chi connectivity index (χ1n) is 6.90. The molecule has 0 aliphatic carbocycles. The zero-order chi connectivity index (χ0) is 14.8. The van der Waals surface area contributed by atoms with Crippen molar-refractivity contribution in [3.63, 3.8) is 0 Å². The fourth-order valence-electron chi connectivity index (χ4n) is 2.64. The van der Waals surface area contributed by atoms with Gasteiger partial charge < -0.3 is 15.9 Å². The van der Waals surface area contributed by atoms with Crippen LogP contribution in [0.15, 0.2) is 54.6 Å². The van der Waals surface area contributed by atoms with E-state index in [1.807, 2.05) is 42.5 Å². The van der Waals surface area contributed by atoms with Gasteiger partial charge in [-0.15, -0.1) is 0 Å². The molecule has 0 spiro atoms. The van der Waals surface area contributed by atoms with Crippen LogP contribution in [0, 0.1) is 0 Å². The Morgan fingerprint density at radius 2 is 1.67 bits per heavy atom. The van der Waals surface area contributed by atoms with Crippen molar-refractivity contribution < 1.29 is 10.2 Å². The average molecular weight is 279 g/mol. The number of hydrogen-bond acceptors (Lipinski definition) is 3. The largest absolute Gasteiger partial charge is 0.507 e. The summed E-state index contributed by atoms with van der Waals surface area (Å²) in [6, 6.07) is 17.5. The minimum Gasteiger partial charge on any atom is -0.507 e. The number of benzene rings is 3. The number of aliphatic hydroxyl groups excluding tert-OH is 1. The van der Waals surface area contributed by atoms with Crippen LogP contribution >= 0.6 is 0 Å². The molecule has 3 aromatic carbocycles. The molecule has 0 saturated heterocycles. The topological polar surface area (TPSA) is 66.5 Å². The Hall–Kier alpha value is -2.52. The number of aliphatic hydroxyl groups is 1. The zero-order valence-electron chi connectivity index (χ0n) is 11.6. The van der Waals surface area contributed by atoms with Gasteiger partial charge in [-0.05, 0) is 46.5 Å². The summed E-state index contributed by atoms with van der Waals surface area (Å²) >= 11 is 0. The van der Waals surface area contributed by atoms with Gasteiger partial charge in [0.15, 0.2) is 0 Å². The maximum atomic E-state index is 10.3. The number of phenols is 1. The fourth-order valence-corrected chi connectivity index (χ4v) is 2.64. The number of aromatic hydroxyl groups is 1. The van der Waals surface area contributed by atoms with E-state index in [1.165, 1.54) is 0 Å². The molecule has 0 aliphatic rings. The standard InChI is InChI=1S/C18H17NO2/c19-16-9-12(7-8-20)10-17(21)18(16)15-6-5-13-3-1-2-4-14(13)11-15/h1-6,9-11,20-21H,7-8,19H2. The van der Waals surface area contributed by atoms with Gasteiger partial charge in [0.1, 0.15) is 5.75 Å². The van der Waals surface area contributed by atoms with Crippen molar-refractivity contribution in [1.29, 1.82) is 0 Å². The molecule has 0 atom stereocenters. The molecule has 21 heavy (non-hydrogen) atoms. The van der Waals surface area contributed by atoms with Gasteiger partial charge >= 0.3 is 0 Å². The van der Waals surface area contributed by atoms with Gasteiger partial charge in [0.25, 0.3) is 0 Å². The van der Waals surface area contributed by atoms with Crippen LogP contribution in [0.5, 0.6) is 5.75 Å². The summed E-state index contributed by atoms with van der Waals surface area (Å²) in [5.41, 5.74) is 8.97. The molecule has 0 aliphatic heterocycles. The minimum absolute atomic E-state index is 0.0359. The number of nitrogen functional groups attached to an aromatic ring is 1. The summed E-state index contributed by atoms with van der Waals surface area (Å²) in [6.07, 6.45) is 0.482. The van der Waals surface area contributed by atoms with E-state index in [9.17, 15) is 5.11 Å². The maximum absolute atomic E-state index is 10.3. The summed E-state index contributed by atoms with van der Waals surface area (Å²) in [5.74, 6) is 0.147. The van der Waals surface area contributed by atoms with Gasteiger partial charge in [-0.1, -0.05) is 36.4 Å². The monoisotopic (exact) mass is 279 g/mol. The highest BCUT2D eigenvalue weighted by molar-refractivity contribution is 5.91. The van der Waals surface area contributed by atoms with Crippen LogP contribution in [-0.4, -0.2) is 16.8 Å². The highest BCUT2D eigenvalue weighted by Crippen LogP contribution is 2.37. The highest BCUT2D eigenvalue weighted by atomic mass is 16.3. The second kappa shape index (κ2) is 5.46. The molecule has 3 heteroatoms. The molecule has 0 heterocycles. The van der Waals surface area contributed by atoms with E-state index in [0.717, 1.165) is 21.9 Å². The maximum Gasteiger partial charge on any atom is 0.125 e. The Balaban J connectivity index is 2.13. The minimum atomic E-state index is 0.0359. The molecule has 3 nitrogen and oxygen atoms in total. The van der Waals surface area contributed by atoms with Crippen molar-refractivity contribution in [2.75, 3.05) is 12.3 Å². The molecule has 3 aromatic rings. The summed E-state index contributed by atoms with van der Waals surface area (Å²) in [7, 11) is 0. The first-order valence-corrected chi connectivity index (χ1v) is 6.90. The van der Waals surface area contributed by atoms with Crippen LogP contribution in [-0.2, 0) is 6.42 Å². The van der Waals surface area contributed by atoms with Crippen LogP contribution in [0.4, 0.5) is 5.69 Å². The Bertz CT molecular complexity index is 773. The van der Waals surface area contributed by atoms with Gasteiger partial charge in [-0.2, -0.15) is 0 Å². The van der Waals surface area contributed by atoms with Crippen LogP contribution < -0.4 is 5.73 Å². The Morgan fingerprint density at radius 3 is 2.38 bits per heavy atom. The molecule has 0 bridgehead atoms.